The van der Waals surface area contributed by atoms with Crippen LogP contribution in [0.2, 0.25) is 0 Å². The molecule has 84 valence electrons. The highest BCUT2D eigenvalue weighted by Crippen LogP contribution is 2.39. The van der Waals surface area contributed by atoms with E-state index in [2.05, 4.69) is 0 Å². The van der Waals surface area contributed by atoms with Crippen LogP contribution in [0.3, 0.4) is 0 Å². The Morgan fingerprint density at radius 1 is 1.38 bits per heavy atom. The molecule has 1 unspecified atom stereocenters. The first-order valence-corrected chi connectivity index (χ1v) is 6.48. The molecule has 1 heterocycles. The molecule has 0 saturated heterocycles. The molecule has 3 heteroatoms. The van der Waals surface area contributed by atoms with E-state index in [0.29, 0.717) is 0 Å². The maximum atomic E-state index is 13.0. The zero-order valence-electron chi connectivity index (χ0n) is 8.95. The normalized spacial score (nSPS) is 17.9. The van der Waals surface area contributed by atoms with E-state index in [-0.39, 0.29) is 11.9 Å². The van der Waals surface area contributed by atoms with Crippen molar-refractivity contribution in [3.8, 4) is 0 Å². The quantitative estimate of drug-likeness (QED) is 0.859. The third-order valence-corrected chi connectivity index (χ3v) is 4.40. The molecule has 1 atom stereocenters. The zero-order valence-corrected chi connectivity index (χ0v) is 9.77. The van der Waals surface area contributed by atoms with E-state index >= 15 is 0 Å². The van der Waals surface area contributed by atoms with Gasteiger partial charge in [0.1, 0.15) is 5.82 Å². The molecule has 3 rings (SSSR count). The van der Waals surface area contributed by atoms with E-state index in [1.165, 1.54) is 23.8 Å². The minimum atomic E-state index is -0.174. The summed E-state index contributed by atoms with van der Waals surface area (Å²) in [7, 11) is 0. The summed E-state index contributed by atoms with van der Waals surface area (Å²) in [5.41, 5.74) is 6.15. The molecule has 16 heavy (non-hydrogen) atoms. The molecule has 1 fully saturated rings. The molecule has 1 aromatic carbocycles. The molecule has 0 bridgehead atoms. The van der Waals surface area contributed by atoms with Crippen LogP contribution in [0.5, 0.6) is 0 Å². The van der Waals surface area contributed by atoms with Gasteiger partial charge in [0, 0.05) is 15.6 Å². The largest absolute Gasteiger partial charge is 0.323 e. The summed E-state index contributed by atoms with van der Waals surface area (Å²) in [5, 5.41) is 0.978. The Bertz CT molecular complexity index is 516. The maximum absolute atomic E-state index is 13.0. The molecule has 1 aliphatic carbocycles. The van der Waals surface area contributed by atoms with Gasteiger partial charge < -0.3 is 5.73 Å². The fraction of sp³-hybridized carbons (Fsp3) is 0.385. The van der Waals surface area contributed by atoms with Gasteiger partial charge in [-0.05, 0) is 42.0 Å². The van der Waals surface area contributed by atoms with Crippen molar-refractivity contribution < 1.29 is 4.39 Å². The minimum absolute atomic E-state index is 0.132. The molecule has 1 saturated carbocycles. The fourth-order valence-electron chi connectivity index (χ4n) is 2.05. The van der Waals surface area contributed by atoms with Crippen LogP contribution in [-0.4, -0.2) is 0 Å². The average molecular weight is 235 g/mol. The topological polar surface area (TPSA) is 26.0 Å². The Hall–Kier alpha value is -0.930. The molecule has 0 amide bonds. The second-order valence-electron chi connectivity index (χ2n) is 4.62. The molecule has 2 aromatic rings. The van der Waals surface area contributed by atoms with E-state index in [4.69, 9.17) is 5.73 Å². The van der Waals surface area contributed by atoms with Gasteiger partial charge in [-0.25, -0.2) is 4.39 Å². The first kappa shape index (κ1) is 10.2. The van der Waals surface area contributed by atoms with Crippen molar-refractivity contribution in [3.05, 3.63) is 35.0 Å². The summed E-state index contributed by atoms with van der Waals surface area (Å²) in [6.07, 6.45) is 3.73. The monoisotopic (exact) mass is 235 g/mol. The van der Waals surface area contributed by atoms with Crippen LogP contribution in [0.1, 0.15) is 30.2 Å². The summed E-state index contributed by atoms with van der Waals surface area (Å²) in [6, 6.07) is 7.10. The second-order valence-corrected chi connectivity index (χ2v) is 5.73. The van der Waals surface area contributed by atoms with E-state index in [9.17, 15) is 4.39 Å². The van der Waals surface area contributed by atoms with Crippen LogP contribution in [0.15, 0.2) is 24.3 Å². The lowest BCUT2D eigenvalue weighted by Gasteiger charge is -2.06. The number of halogens is 1. The fourth-order valence-corrected chi connectivity index (χ4v) is 3.11. The Morgan fingerprint density at radius 3 is 2.94 bits per heavy atom. The summed E-state index contributed by atoms with van der Waals surface area (Å²) < 4.78 is 14.2. The molecule has 1 aliphatic rings. The van der Waals surface area contributed by atoms with Crippen molar-refractivity contribution in [2.24, 2.45) is 11.7 Å². The summed E-state index contributed by atoms with van der Waals surface area (Å²) in [6.45, 7) is 0. The van der Waals surface area contributed by atoms with Gasteiger partial charge in [0.2, 0.25) is 0 Å². The van der Waals surface area contributed by atoms with Gasteiger partial charge in [0.05, 0.1) is 0 Å². The molecule has 2 N–H and O–H groups in total. The van der Waals surface area contributed by atoms with E-state index in [1.54, 1.807) is 17.4 Å². The lowest BCUT2D eigenvalue weighted by atomic mass is 10.1. The van der Waals surface area contributed by atoms with Gasteiger partial charge in [-0.2, -0.15) is 0 Å². The third kappa shape index (κ3) is 1.97. The summed E-state index contributed by atoms with van der Waals surface area (Å²) >= 11 is 1.69. The smallest absolute Gasteiger partial charge is 0.123 e. The number of hydrogen-bond donors (Lipinski definition) is 1. The molecule has 1 aromatic heterocycles. The predicted octanol–water partition coefficient (Wildman–Crippen LogP) is 3.84. The number of rotatable bonds is 3. The van der Waals surface area contributed by atoms with Crippen molar-refractivity contribution >= 4 is 21.4 Å². The van der Waals surface area contributed by atoms with E-state index in [0.717, 1.165) is 22.4 Å². The van der Waals surface area contributed by atoms with Crippen LogP contribution < -0.4 is 5.73 Å². The van der Waals surface area contributed by atoms with Crippen LogP contribution in [0.25, 0.3) is 10.1 Å². The molecule has 0 aliphatic heterocycles. The van der Waals surface area contributed by atoms with Crippen LogP contribution >= 0.6 is 11.3 Å². The number of benzene rings is 1. The van der Waals surface area contributed by atoms with Gasteiger partial charge in [0.25, 0.3) is 0 Å². The highest BCUT2D eigenvalue weighted by atomic mass is 32.1. The van der Waals surface area contributed by atoms with E-state index < -0.39 is 0 Å². The highest BCUT2D eigenvalue weighted by molar-refractivity contribution is 7.19. The summed E-state index contributed by atoms with van der Waals surface area (Å²) in [5.74, 6) is 0.657. The predicted molar refractivity (Wildman–Crippen MR) is 66.1 cm³/mol. The SMILES string of the molecule is NC(CC1CC1)c1cc2cc(F)ccc2s1. The molecule has 0 spiro atoms. The Labute approximate surface area is 98.1 Å². The van der Waals surface area contributed by atoms with Gasteiger partial charge in [-0.15, -0.1) is 11.3 Å². The van der Waals surface area contributed by atoms with Gasteiger partial charge in [-0.1, -0.05) is 12.8 Å². The summed E-state index contributed by atoms with van der Waals surface area (Å²) in [4.78, 5) is 1.19. The Morgan fingerprint density at radius 2 is 2.19 bits per heavy atom. The van der Waals surface area contributed by atoms with E-state index in [1.807, 2.05) is 12.1 Å². The first-order chi connectivity index (χ1) is 7.72. The van der Waals surface area contributed by atoms with Crippen molar-refractivity contribution in [1.82, 2.24) is 0 Å². The van der Waals surface area contributed by atoms with Crippen molar-refractivity contribution in [2.45, 2.75) is 25.3 Å². The third-order valence-electron chi connectivity index (χ3n) is 3.15. The number of thiophene rings is 1. The van der Waals surface area contributed by atoms with Gasteiger partial charge in [0.15, 0.2) is 0 Å². The zero-order chi connectivity index (χ0) is 11.1. The molecular formula is C13H14FNS. The molecule has 1 nitrogen and oxygen atoms in total. The minimum Gasteiger partial charge on any atom is -0.323 e. The lowest BCUT2D eigenvalue weighted by Crippen LogP contribution is -2.08. The Kier molecular flexibility index (Phi) is 2.45. The molecular weight excluding hydrogens is 221 g/mol. The first-order valence-electron chi connectivity index (χ1n) is 5.67. The van der Waals surface area contributed by atoms with Gasteiger partial charge in [-0.3, -0.25) is 0 Å². The van der Waals surface area contributed by atoms with Crippen molar-refractivity contribution in [3.63, 3.8) is 0 Å². The standard InChI is InChI=1S/C13H14FNS/c14-10-3-4-12-9(6-10)7-13(16-12)11(15)5-8-1-2-8/h3-4,6-8,11H,1-2,5,15H2. The van der Waals surface area contributed by atoms with Crippen molar-refractivity contribution in [2.75, 3.05) is 0 Å². The number of hydrogen-bond acceptors (Lipinski definition) is 2. The molecule has 0 radical (unpaired) electrons. The Balaban J connectivity index is 1.91. The van der Waals surface area contributed by atoms with Crippen LogP contribution in [0.4, 0.5) is 4.39 Å². The van der Waals surface area contributed by atoms with Crippen molar-refractivity contribution in [1.29, 1.82) is 0 Å². The number of nitrogens with two attached hydrogens (primary N) is 1. The second kappa shape index (κ2) is 3.82. The number of fused-ring (bicyclic) bond motifs is 1. The average Bonchev–Trinajstić information content (AvgIpc) is 2.95. The highest BCUT2D eigenvalue weighted by Gasteiger charge is 2.25. The maximum Gasteiger partial charge on any atom is 0.123 e. The lowest BCUT2D eigenvalue weighted by molar-refractivity contribution is 0.605. The van der Waals surface area contributed by atoms with Crippen LogP contribution in [-0.2, 0) is 0 Å². The van der Waals surface area contributed by atoms with Gasteiger partial charge >= 0.3 is 0 Å². The van der Waals surface area contributed by atoms with Crippen LogP contribution in [0, 0.1) is 11.7 Å².